The second-order valence-electron chi connectivity index (χ2n) is 8.43. The lowest BCUT2D eigenvalue weighted by Crippen LogP contribution is -2.36. The van der Waals surface area contributed by atoms with E-state index in [4.69, 9.17) is 9.72 Å². The number of ether oxygens (including phenoxy) is 1. The van der Waals surface area contributed by atoms with Crippen LogP contribution in [-0.4, -0.2) is 35.4 Å². The van der Waals surface area contributed by atoms with Crippen LogP contribution in [0.5, 0.6) is 5.75 Å². The van der Waals surface area contributed by atoms with Crippen LogP contribution in [0, 0.1) is 0 Å². The van der Waals surface area contributed by atoms with Crippen LogP contribution in [0.4, 0.5) is 11.8 Å². The molecule has 3 aliphatic rings. The molecule has 3 heterocycles. The number of benzene rings is 1. The molecule has 5 rings (SSSR count). The highest BCUT2D eigenvalue weighted by Crippen LogP contribution is 2.44. The average molecular weight is 421 g/mol. The number of anilines is 2. The summed E-state index contributed by atoms with van der Waals surface area (Å²) in [6.07, 6.45) is 5.52. The molecule has 2 aromatic rings. The first-order valence-corrected chi connectivity index (χ1v) is 11.3. The summed E-state index contributed by atoms with van der Waals surface area (Å²) in [4.78, 5) is 36.4. The van der Waals surface area contributed by atoms with E-state index in [1.165, 1.54) is 6.42 Å². The van der Waals surface area contributed by atoms with Gasteiger partial charge in [-0.05, 0) is 56.7 Å². The molecular formula is C24H28N4O3. The standard InChI is InChI=1S/C24H28N4O3/c1-2-31-16-9-6-8-15(14-16)19-20-17(10-7-11-18(20)29)25-22-21(19)23(30)27-24(26-22)28-12-4-3-5-13-28/h6,8-9,14,19H,2-5,7,10-13H2,1H3,(H2,25,26,27,30)/t19-/m0/s1. The maximum absolute atomic E-state index is 13.4. The molecule has 162 valence electrons. The van der Waals surface area contributed by atoms with Gasteiger partial charge in [0.25, 0.3) is 5.56 Å². The van der Waals surface area contributed by atoms with Gasteiger partial charge >= 0.3 is 0 Å². The van der Waals surface area contributed by atoms with Crippen LogP contribution in [-0.2, 0) is 4.79 Å². The molecule has 7 nitrogen and oxygen atoms in total. The van der Waals surface area contributed by atoms with Gasteiger partial charge in [-0.3, -0.25) is 14.6 Å². The van der Waals surface area contributed by atoms with Crippen LogP contribution in [0.1, 0.15) is 62.5 Å². The monoisotopic (exact) mass is 420 g/mol. The van der Waals surface area contributed by atoms with E-state index in [9.17, 15) is 9.59 Å². The largest absolute Gasteiger partial charge is 0.494 e. The first-order chi connectivity index (χ1) is 15.2. The SMILES string of the molecule is CCOc1cccc([C@H]2C3=C(CCCC3=O)Nc3nc(N4CCCCC4)[nH]c(=O)c32)c1. The maximum atomic E-state index is 13.4. The molecule has 0 saturated carbocycles. The van der Waals surface area contributed by atoms with Crippen molar-refractivity contribution in [1.29, 1.82) is 0 Å². The lowest BCUT2D eigenvalue weighted by Gasteiger charge is -2.34. The topological polar surface area (TPSA) is 87.3 Å². The lowest BCUT2D eigenvalue weighted by molar-refractivity contribution is -0.116. The van der Waals surface area contributed by atoms with Crippen molar-refractivity contribution < 1.29 is 9.53 Å². The van der Waals surface area contributed by atoms with Gasteiger partial charge in [0.1, 0.15) is 11.6 Å². The van der Waals surface area contributed by atoms with Crippen LogP contribution in [0.25, 0.3) is 0 Å². The third-order valence-corrected chi connectivity index (χ3v) is 6.40. The molecule has 7 heteroatoms. The molecule has 0 unspecified atom stereocenters. The molecular weight excluding hydrogens is 392 g/mol. The first kappa shape index (κ1) is 19.8. The Hall–Kier alpha value is -3.09. The number of carbonyl (C=O) groups is 1. The number of hydrogen-bond donors (Lipinski definition) is 2. The Labute approximate surface area is 181 Å². The predicted molar refractivity (Wildman–Crippen MR) is 120 cm³/mol. The minimum atomic E-state index is -0.439. The highest BCUT2D eigenvalue weighted by Gasteiger charge is 2.38. The molecule has 0 radical (unpaired) electrons. The number of nitrogens with one attached hydrogen (secondary N) is 2. The average Bonchev–Trinajstić information content (AvgIpc) is 2.79. The van der Waals surface area contributed by atoms with E-state index in [2.05, 4.69) is 15.2 Å². The van der Waals surface area contributed by atoms with Crippen molar-refractivity contribution >= 4 is 17.5 Å². The van der Waals surface area contributed by atoms with Gasteiger partial charge in [-0.2, -0.15) is 4.98 Å². The van der Waals surface area contributed by atoms with Gasteiger partial charge in [0.05, 0.1) is 12.2 Å². The van der Waals surface area contributed by atoms with Crippen LogP contribution < -0.4 is 20.5 Å². The van der Waals surface area contributed by atoms with E-state index < -0.39 is 5.92 Å². The summed E-state index contributed by atoms with van der Waals surface area (Å²) in [5.74, 6) is 1.59. The van der Waals surface area contributed by atoms with Gasteiger partial charge in [0.2, 0.25) is 5.95 Å². The number of piperidine rings is 1. The van der Waals surface area contributed by atoms with Crippen molar-refractivity contribution in [1.82, 2.24) is 9.97 Å². The predicted octanol–water partition coefficient (Wildman–Crippen LogP) is 3.72. The number of allylic oxidation sites excluding steroid dienone is 2. The number of nitrogens with zero attached hydrogens (tertiary/aromatic N) is 2. The van der Waals surface area contributed by atoms with Gasteiger partial charge in [-0.15, -0.1) is 0 Å². The Morgan fingerprint density at radius 1 is 1.13 bits per heavy atom. The Kier molecular flexibility index (Phi) is 5.26. The van der Waals surface area contributed by atoms with E-state index in [1.807, 2.05) is 31.2 Å². The van der Waals surface area contributed by atoms with Crippen molar-refractivity contribution in [3.8, 4) is 5.75 Å². The smallest absolute Gasteiger partial charge is 0.258 e. The zero-order valence-electron chi connectivity index (χ0n) is 17.9. The van der Waals surface area contributed by atoms with E-state index >= 15 is 0 Å². The van der Waals surface area contributed by atoms with Crippen molar-refractivity contribution in [3.63, 3.8) is 0 Å². The Balaban J connectivity index is 1.65. The zero-order valence-corrected chi connectivity index (χ0v) is 17.9. The number of ketones is 1. The van der Waals surface area contributed by atoms with Gasteiger partial charge in [0, 0.05) is 36.7 Å². The molecule has 1 aliphatic carbocycles. The lowest BCUT2D eigenvalue weighted by atomic mass is 9.76. The quantitative estimate of drug-likeness (QED) is 0.784. The number of Topliss-reactive ketones (excluding diaryl/α,β-unsaturated/α-hetero) is 1. The number of aromatic amines is 1. The summed E-state index contributed by atoms with van der Waals surface area (Å²) in [6.45, 7) is 4.29. The third kappa shape index (κ3) is 3.62. The summed E-state index contributed by atoms with van der Waals surface area (Å²) in [5, 5.41) is 3.36. The molecule has 0 amide bonds. The maximum Gasteiger partial charge on any atom is 0.258 e. The number of fused-ring (bicyclic) bond motifs is 1. The fourth-order valence-electron chi connectivity index (χ4n) is 4.99. The van der Waals surface area contributed by atoms with E-state index in [0.29, 0.717) is 35.9 Å². The zero-order chi connectivity index (χ0) is 21.4. The van der Waals surface area contributed by atoms with E-state index in [1.54, 1.807) is 0 Å². The molecule has 1 atom stereocenters. The summed E-state index contributed by atoms with van der Waals surface area (Å²) in [6, 6.07) is 7.72. The van der Waals surface area contributed by atoms with Crippen LogP contribution in [0.2, 0.25) is 0 Å². The Bertz CT molecular complexity index is 1100. The normalized spacial score (nSPS) is 20.7. The summed E-state index contributed by atoms with van der Waals surface area (Å²) < 4.78 is 5.69. The molecule has 0 bridgehead atoms. The second-order valence-corrected chi connectivity index (χ2v) is 8.43. The van der Waals surface area contributed by atoms with Gasteiger partial charge in [-0.25, -0.2) is 0 Å². The van der Waals surface area contributed by atoms with E-state index in [-0.39, 0.29) is 11.3 Å². The molecule has 2 N–H and O–H groups in total. The molecule has 31 heavy (non-hydrogen) atoms. The highest BCUT2D eigenvalue weighted by molar-refractivity contribution is 6.00. The van der Waals surface area contributed by atoms with Crippen molar-refractivity contribution in [2.45, 2.75) is 51.4 Å². The molecule has 1 aromatic heterocycles. The summed E-state index contributed by atoms with van der Waals surface area (Å²) in [7, 11) is 0. The number of rotatable bonds is 4. The number of aromatic nitrogens is 2. The van der Waals surface area contributed by atoms with E-state index in [0.717, 1.165) is 55.8 Å². The van der Waals surface area contributed by atoms with Gasteiger partial charge in [-0.1, -0.05) is 12.1 Å². The Morgan fingerprint density at radius 3 is 2.77 bits per heavy atom. The second kappa shape index (κ2) is 8.21. The van der Waals surface area contributed by atoms with Crippen molar-refractivity contribution in [2.24, 2.45) is 0 Å². The third-order valence-electron chi connectivity index (χ3n) is 6.40. The van der Waals surface area contributed by atoms with Crippen molar-refractivity contribution in [2.75, 3.05) is 29.9 Å². The number of carbonyl (C=O) groups excluding carboxylic acids is 1. The number of H-pyrrole nitrogens is 1. The van der Waals surface area contributed by atoms with Crippen molar-refractivity contribution in [3.05, 3.63) is 57.0 Å². The van der Waals surface area contributed by atoms with Crippen LogP contribution in [0.3, 0.4) is 0 Å². The van der Waals surface area contributed by atoms with Gasteiger partial charge in [0.15, 0.2) is 5.78 Å². The molecule has 0 spiro atoms. The Morgan fingerprint density at radius 2 is 1.97 bits per heavy atom. The summed E-state index contributed by atoms with van der Waals surface area (Å²) >= 11 is 0. The molecule has 2 aliphatic heterocycles. The molecule has 1 fully saturated rings. The fraction of sp³-hybridized carbons (Fsp3) is 0.458. The fourth-order valence-corrected chi connectivity index (χ4v) is 4.99. The first-order valence-electron chi connectivity index (χ1n) is 11.3. The van der Waals surface area contributed by atoms with Gasteiger partial charge < -0.3 is 15.0 Å². The number of hydrogen-bond acceptors (Lipinski definition) is 6. The molecule has 1 saturated heterocycles. The van der Waals surface area contributed by atoms with Crippen LogP contribution in [0.15, 0.2) is 40.3 Å². The minimum absolute atomic E-state index is 0.103. The van der Waals surface area contributed by atoms with Crippen LogP contribution >= 0.6 is 0 Å². The molecule has 1 aromatic carbocycles. The highest BCUT2D eigenvalue weighted by atomic mass is 16.5. The summed E-state index contributed by atoms with van der Waals surface area (Å²) in [5.41, 5.74) is 2.82. The minimum Gasteiger partial charge on any atom is -0.494 e.